The van der Waals surface area contributed by atoms with Crippen molar-refractivity contribution in [3.63, 3.8) is 0 Å². The summed E-state index contributed by atoms with van der Waals surface area (Å²) in [5.74, 6) is -0.298. The van der Waals surface area contributed by atoms with Gasteiger partial charge in [0.1, 0.15) is 5.41 Å². The molecule has 0 heterocycles. The van der Waals surface area contributed by atoms with E-state index in [9.17, 15) is 13.7 Å². The van der Waals surface area contributed by atoms with Crippen molar-refractivity contribution < 1.29 is 13.2 Å². The van der Waals surface area contributed by atoms with Gasteiger partial charge < -0.3 is 4.74 Å². The van der Waals surface area contributed by atoms with E-state index >= 15 is 0 Å². The summed E-state index contributed by atoms with van der Waals surface area (Å²) in [5.41, 5.74) is 1.05. The average Bonchev–Trinajstić information content (AvgIpc) is 3.00. The van der Waals surface area contributed by atoms with Crippen LogP contribution in [-0.4, -0.2) is 33.6 Å². The van der Waals surface area contributed by atoms with Gasteiger partial charge in [0.2, 0.25) is 0 Å². The van der Waals surface area contributed by atoms with Gasteiger partial charge in [0, 0.05) is 19.3 Å². The zero-order valence-corrected chi connectivity index (χ0v) is 12.1. The first kappa shape index (κ1) is 14.0. The van der Waals surface area contributed by atoms with Gasteiger partial charge in [-0.1, -0.05) is 29.8 Å². The number of methoxy groups -OCH3 is 1. The van der Waals surface area contributed by atoms with Crippen LogP contribution in [0.2, 0.25) is 0 Å². The van der Waals surface area contributed by atoms with Crippen LogP contribution in [0, 0.1) is 23.7 Å². The molecule has 0 aromatic heterocycles. The van der Waals surface area contributed by atoms with E-state index in [-0.39, 0.29) is 12.5 Å². The maximum atomic E-state index is 11.9. The fourth-order valence-electron chi connectivity index (χ4n) is 2.86. The second-order valence-corrected chi connectivity index (χ2v) is 7.39. The zero-order chi connectivity index (χ0) is 14.3. The molecule has 1 aromatic carbocycles. The van der Waals surface area contributed by atoms with E-state index < -0.39 is 20.5 Å². The first-order valence-electron chi connectivity index (χ1n) is 6.02. The second kappa shape index (κ2) is 4.62. The molecule has 1 fully saturated rings. The minimum atomic E-state index is -3.28. The van der Waals surface area contributed by atoms with E-state index in [0.29, 0.717) is 0 Å². The molecule has 1 saturated carbocycles. The monoisotopic (exact) mass is 279 g/mol. The molecule has 0 saturated heterocycles. The maximum absolute atomic E-state index is 11.9. The Morgan fingerprint density at radius 1 is 1.37 bits per heavy atom. The van der Waals surface area contributed by atoms with E-state index in [2.05, 4.69) is 6.07 Å². The predicted molar refractivity (Wildman–Crippen MR) is 72.5 cm³/mol. The third-order valence-corrected chi connectivity index (χ3v) is 5.36. The highest BCUT2D eigenvalue weighted by Crippen LogP contribution is 2.62. The van der Waals surface area contributed by atoms with Gasteiger partial charge in [0.25, 0.3) is 0 Å². The standard InChI is InChI=1S/C14H17NO3S/c1-10-4-6-11(7-5-10)12-13(19(3,16)17)14(12,8-15)9-18-2/h4-7,12-13H,9H2,1-3H3/t12-,13-,14-/m0/s1. The molecule has 0 amide bonds. The number of ether oxygens (including phenoxy) is 1. The van der Waals surface area contributed by atoms with Crippen molar-refractivity contribution in [2.24, 2.45) is 5.41 Å². The molecule has 1 aromatic rings. The summed E-state index contributed by atoms with van der Waals surface area (Å²) in [7, 11) is -1.79. The van der Waals surface area contributed by atoms with E-state index in [4.69, 9.17) is 4.74 Å². The summed E-state index contributed by atoms with van der Waals surface area (Å²) in [6.07, 6.45) is 1.19. The van der Waals surface area contributed by atoms with Crippen LogP contribution in [-0.2, 0) is 14.6 Å². The summed E-state index contributed by atoms with van der Waals surface area (Å²) in [6, 6.07) is 9.83. The number of nitriles is 1. The van der Waals surface area contributed by atoms with Crippen LogP contribution in [0.25, 0.3) is 0 Å². The molecular weight excluding hydrogens is 262 g/mol. The molecule has 1 aliphatic rings. The summed E-state index contributed by atoms with van der Waals surface area (Å²) in [5, 5.41) is 8.74. The minimum absolute atomic E-state index is 0.139. The fraction of sp³-hybridized carbons (Fsp3) is 0.500. The van der Waals surface area contributed by atoms with Crippen molar-refractivity contribution in [3.8, 4) is 6.07 Å². The van der Waals surface area contributed by atoms with E-state index in [1.807, 2.05) is 31.2 Å². The van der Waals surface area contributed by atoms with Crippen LogP contribution in [0.3, 0.4) is 0 Å². The van der Waals surface area contributed by atoms with Crippen molar-refractivity contribution in [1.82, 2.24) is 0 Å². The van der Waals surface area contributed by atoms with Gasteiger partial charge in [-0.05, 0) is 12.5 Å². The number of rotatable bonds is 4. The topological polar surface area (TPSA) is 67.2 Å². The highest BCUT2D eigenvalue weighted by Gasteiger charge is 2.71. The van der Waals surface area contributed by atoms with E-state index in [1.54, 1.807) is 0 Å². The van der Waals surface area contributed by atoms with E-state index in [1.165, 1.54) is 13.4 Å². The minimum Gasteiger partial charge on any atom is -0.383 e. The molecule has 0 spiro atoms. The lowest BCUT2D eigenvalue weighted by atomic mass is 10.0. The summed E-state index contributed by atoms with van der Waals surface area (Å²) < 4.78 is 28.8. The van der Waals surface area contributed by atoms with Gasteiger partial charge in [0.15, 0.2) is 9.84 Å². The largest absolute Gasteiger partial charge is 0.383 e. The first-order valence-corrected chi connectivity index (χ1v) is 7.98. The average molecular weight is 279 g/mol. The Kier molecular flexibility index (Phi) is 3.41. The lowest BCUT2D eigenvalue weighted by Crippen LogP contribution is -2.17. The predicted octanol–water partition coefficient (Wildman–Crippen LogP) is 1.66. The molecular formula is C14H17NO3S. The van der Waals surface area contributed by atoms with Gasteiger partial charge in [0.05, 0.1) is 17.9 Å². The Labute approximate surface area is 113 Å². The molecule has 0 unspecified atom stereocenters. The van der Waals surface area contributed by atoms with Gasteiger partial charge in [-0.2, -0.15) is 5.26 Å². The van der Waals surface area contributed by atoms with Crippen molar-refractivity contribution >= 4 is 9.84 Å². The zero-order valence-electron chi connectivity index (χ0n) is 11.3. The van der Waals surface area contributed by atoms with E-state index in [0.717, 1.165) is 11.1 Å². The third kappa shape index (κ3) is 2.26. The molecule has 4 nitrogen and oxygen atoms in total. The summed E-state index contributed by atoms with van der Waals surface area (Å²) in [4.78, 5) is 0. The normalized spacial score (nSPS) is 29.8. The van der Waals surface area contributed by atoms with Gasteiger partial charge in [-0.25, -0.2) is 8.42 Å². The van der Waals surface area contributed by atoms with Crippen LogP contribution in [0.5, 0.6) is 0 Å². The number of aryl methyl sites for hydroxylation is 1. The van der Waals surface area contributed by atoms with Gasteiger partial charge in [-0.3, -0.25) is 0 Å². The second-order valence-electron chi connectivity index (χ2n) is 5.22. The lowest BCUT2D eigenvalue weighted by Gasteiger charge is -2.07. The smallest absolute Gasteiger partial charge is 0.152 e. The number of benzene rings is 1. The quantitative estimate of drug-likeness (QED) is 0.840. The number of hydrogen-bond donors (Lipinski definition) is 0. The van der Waals surface area contributed by atoms with Crippen LogP contribution in [0.1, 0.15) is 17.0 Å². The Balaban J connectivity index is 2.44. The molecule has 5 heteroatoms. The number of nitrogens with zero attached hydrogens (tertiary/aromatic N) is 1. The Bertz CT molecular complexity index is 615. The third-order valence-electron chi connectivity index (χ3n) is 3.75. The van der Waals surface area contributed by atoms with Crippen molar-refractivity contribution in [3.05, 3.63) is 35.4 Å². The summed E-state index contributed by atoms with van der Waals surface area (Å²) >= 11 is 0. The molecule has 0 N–H and O–H groups in total. The molecule has 1 aliphatic carbocycles. The van der Waals surface area contributed by atoms with Crippen LogP contribution >= 0.6 is 0 Å². The van der Waals surface area contributed by atoms with Gasteiger partial charge >= 0.3 is 0 Å². The molecule has 0 bridgehead atoms. The molecule has 19 heavy (non-hydrogen) atoms. The summed E-state index contributed by atoms with van der Waals surface area (Å²) in [6.45, 7) is 2.11. The van der Waals surface area contributed by atoms with Crippen LogP contribution in [0.4, 0.5) is 0 Å². The molecule has 0 radical (unpaired) electrons. The lowest BCUT2D eigenvalue weighted by molar-refractivity contribution is 0.162. The van der Waals surface area contributed by atoms with Gasteiger partial charge in [-0.15, -0.1) is 0 Å². The maximum Gasteiger partial charge on any atom is 0.152 e. The Morgan fingerprint density at radius 2 is 1.95 bits per heavy atom. The number of sulfone groups is 1. The first-order chi connectivity index (χ1) is 8.86. The fourth-order valence-corrected chi connectivity index (χ4v) is 4.70. The van der Waals surface area contributed by atoms with Crippen LogP contribution < -0.4 is 0 Å². The molecule has 3 atom stereocenters. The van der Waals surface area contributed by atoms with Crippen molar-refractivity contribution in [2.45, 2.75) is 18.1 Å². The SMILES string of the molecule is COC[C@@]1(C#N)[C@@H](c2ccc(C)cc2)[C@@H]1S(C)(=O)=O. The molecule has 2 rings (SSSR count). The Morgan fingerprint density at radius 3 is 2.37 bits per heavy atom. The van der Waals surface area contributed by atoms with Crippen molar-refractivity contribution in [1.29, 1.82) is 5.26 Å². The highest BCUT2D eigenvalue weighted by molar-refractivity contribution is 7.91. The number of hydrogen-bond acceptors (Lipinski definition) is 4. The van der Waals surface area contributed by atoms with Crippen LogP contribution in [0.15, 0.2) is 24.3 Å². The van der Waals surface area contributed by atoms with Crippen molar-refractivity contribution in [2.75, 3.05) is 20.0 Å². The Hall–Kier alpha value is -1.38. The highest BCUT2D eigenvalue weighted by atomic mass is 32.2. The molecule has 0 aliphatic heterocycles. The molecule has 102 valence electrons.